The minimum Gasteiger partial charge on any atom is -0.333 e. The summed E-state index contributed by atoms with van der Waals surface area (Å²) in [5.41, 5.74) is 0.548. The van der Waals surface area contributed by atoms with Crippen molar-refractivity contribution in [3.05, 3.63) is 10.0 Å². The zero-order chi connectivity index (χ0) is 13.1. The number of rotatable bonds is 4. The topological polar surface area (TPSA) is 66.4 Å². The predicted molar refractivity (Wildman–Crippen MR) is 67.2 cm³/mol. The van der Waals surface area contributed by atoms with Crippen molar-refractivity contribution < 1.29 is 9.59 Å². The third-order valence-electron chi connectivity index (χ3n) is 2.74. The number of aromatic nitrogens is 2. The highest BCUT2D eigenvalue weighted by Crippen LogP contribution is 2.20. The molecule has 0 unspecified atom stereocenters. The van der Waals surface area contributed by atoms with E-state index in [2.05, 4.69) is 9.59 Å². The van der Waals surface area contributed by atoms with E-state index >= 15 is 0 Å². The molecule has 2 rings (SSSR count). The predicted octanol–water partition coefficient (Wildman–Crippen LogP) is 0.772. The van der Waals surface area contributed by atoms with E-state index in [9.17, 15) is 9.59 Å². The molecule has 1 aromatic rings. The number of carbonyl (C=O) groups excluding carboxylic acids is 2. The first-order valence-corrected chi connectivity index (χ1v) is 6.83. The normalized spacial score (nSPS) is 16.6. The molecule has 2 amide bonds. The highest BCUT2D eigenvalue weighted by Gasteiger charge is 2.32. The van der Waals surface area contributed by atoms with Crippen molar-refractivity contribution in [2.24, 2.45) is 0 Å². The number of amides is 2. The van der Waals surface area contributed by atoms with Crippen molar-refractivity contribution in [1.82, 2.24) is 19.4 Å². The second-order valence-corrected chi connectivity index (χ2v) is 5.37. The zero-order valence-corrected chi connectivity index (χ0v) is 11.5. The molecule has 1 saturated heterocycles. The Morgan fingerprint density at radius 2 is 1.94 bits per heavy atom. The Kier molecular flexibility index (Phi) is 4.13. The number of piperazine rings is 1. The van der Waals surface area contributed by atoms with Gasteiger partial charge in [-0.3, -0.25) is 9.59 Å². The number of carbonyl (C=O) groups is 2. The number of halogens is 1. The van der Waals surface area contributed by atoms with E-state index in [1.165, 1.54) is 4.90 Å². The fourth-order valence-electron chi connectivity index (χ4n) is 1.82. The lowest BCUT2D eigenvalue weighted by Crippen LogP contribution is -2.54. The van der Waals surface area contributed by atoms with E-state index in [0.717, 1.165) is 18.0 Å². The molecule has 0 bridgehead atoms. The van der Waals surface area contributed by atoms with Gasteiger partial charge in [0.25, 0.3) is 0 Å². The molecule has 8 heteroatoms. The minimum absolute atomic E-state index is 0.250. The molecule has 2 heterocycles. The summed E-state index contributed by atoms with van der Waals surface area (Å²) < 4.78 is 4.17. The summed E-state index contributed by atoms with van der Waals surface area (Å²) in [5.74, 6) is -0.929. The lowest BCUT2D eigenvalue weighted by Gasteiger charge is -2.33. The summed E-state index contributed by atoms with van der Waals surface area (Å²) in [7, 11) is 0. The fraction of sp³-hybridized carbons (Fsp3) is 0.600. The SMILES string of the molecule is CCCN1CCN(Cc2nnsc2Cl)C(=O)C1=O. The van der Waals surface area contributed by atoms with Crippen molar-refractivity contribution >= 4 is 34.9 Å². The van der Waals surface area contributed by atoms with Crippen LogP contribution in [0.15, 0.2) is 0 Å². The van der Waals surface area contributed by atoms with E-state index in [1.807, 2.05) is 6.92 Å². The van der Waals surface area contributed by atoms with Gasteiger partial charge in [0, 0.05) is 31.2 Å². The highest BCUT2D eigenvalue weighted by molar-refractivity contribution is 7.10. The Morgan fingerprint density at radius 1 is 1.28 bits per heavy atom. The van der Waals surface area contributed by atoms with Crippen LogP contribution in [0, 0.1) is 0 Å². The van der Waals surface area contributed by atoms with Crippen LogP contribution in [0.25, 0.3) is 0 Å². The van der Waals surface area contributed by atoms with Crippen LogP contribution in [-0.2, 0) is 16.1 Å². The van der Waals surface area contributed by atoms with Crippen molar-refractivity contribution in [3.63, 3.8) is 0 Å². The van der Waals surface area contributed by atoms with Crippen molar-refractivity contribution in [2.75, 3.05) is 19.6 Å². The maximum atomic E-state index is 11.9. The average Bonchev–Trinajstić information content (AvgIpc) is 2.75. The van der Waals surface area contributed by atoms with Gasteiger partial charge in [-0.05, 0) is 6.42 Å². The Labute approximate surface area is 114 Å². The monoisotopic (exact) mass is 288 g/mol. The molecule has 1 fully saturated rings. The Morgan fingerprint density at radius 3 is 2.56 bits per heavy atom. The molecule has 0 atom stereocenters. The van der Waals surface area contributed by atoms with Gasteiger partial charge in [0.15, 0.2) is 0 Å². The molecule has 1 aromatic heterocycles. The summed E-state index contributed by atoms with van der Waals surface area (Å²) in [5, 5.41) is 3.84. The summed E-state index contributed by atoms with van der Waals surface area (Å²) in [6.07, 6.45) is 0.848. The first-order chi connectivity index (χ1) is 8.63. The molecule has 6 nitrogen and oxygen atoms in total. The van der Waals surface area contributed by atoms with E-state index in [-0.39, 0.29) is 6.54 Å². The highest BCUT2D eigenvalue weighted by atomic mass is 35.5. The zero-order valence-electron chi connectivity index (χ0n) is 9.93. The van der Waals surface area contributed by atoms with Crippen LogP contribution < -0.4 is 0 Å². The molecular weight excluding hydrogens is 276 g/mol. The Bertz CT molecular complexity index is 464. The van der Waals surface area contributed by atoms with Crippen molar-refractivity contribution in [1.29, 1.82) is 0 Å². The van der Waals surface area contributed by atoms with Gasteiger partial charge in [-0.1, -0.05) is 23.0 Å². The van der Waals surface area contributed by atoms with Gasteiger partial charge >= 0.3 is 11.8 Å². The smallest absolute Gasteiger partial charge is 0.312 e. The van der Waals surface area contributed by atoms with Crippen LogP contribution in [0.5, 0.6) is 0 Å². The Hall–Kier alpha value is -1.21. The molecule has 0 radical (unpaired) electrons. The van der Waals surface area contributed by atoms with Gasteiger partial charge < -0.3 is 9.80 Å². The van der Waals surface area contributed by atoms with Gasteiger partial charge in [0.1, 0.15) is 10.0 Å². The molecule has 0 aromatic carbocycles. The lowest BCUT2D eigenvalue weighted by molar-refractivity contribution is -0.156. The molecule has 98 valence electrons. The maximum Gasteiger partial charge on any atom is 0.312 e. The van der Waals surface area contributed by atoms with Crippen molar-refractivity contribution in [3.8, 4) is 0 Å². The molecule has 0 spiro atoms. The average molecular weight is 289 g/mol. The summed E-state index contributed by atoms with van der Waals surface area (Å²) >= 11 is 6.96. The van der Waals surface area contributed by atoms with E-state index in [4.69, 9.17) is 11.6 Å². The molecule has 0 aliphatic carbocycles. The molecular formula is C10H13ClN4O2S. The maximum absolute atomic E-state index is 11.9. The third kappa shape index (κ3) is 2.62. The van der Waals surface area contributed by atoms with Gasteiger partial charge in [-0.2, -0.15) is 0 Å². The lowest BCUT2D eigenvalue weighted by atomic mass is 10.2. The Balaban J connectivity index is 2.02. The molecule has 1 aliphatic rings. The van der Waals surface area contributed by atoms with E-state index in [1.54, 1.807) is 4.90 Å². The number of hydrogen-bond donors (Lipinski definition) is 0. The molecule has 0 N–H and O–H groups in total. The quantitative estimate of drug-likeness (QED) is 0.768. The molecule has 1 aliphatic heterocycles. The number of nitrogens with zero attached hydrogens (tertiary/aromatic N) is 4. The van der Waals surface area contributed by atoms with Crippen LogP contribution in [0.2, 0.25) is 4.34 Å². The minimum atomic E-state index is -0.487. The summed E-state index contributed by atoms with van der Waals surface area (Å²) in [6.45, 7) is 3.92. The van der Waals surface area contributed by atoms with Gasteiger partial charge in [0.2, 0.25) is 0 Å². The van der Waals surface area contributed by atoms with Crippen molar-refractivity contribution in [2.45, 2.75) is 19.9 Å². The second-order valence-electron chi connectivity index (χ2n) is 4.01. The van der Waals surface area contributed by atoms with Gasteiger partial charge in [0.05, 0.1) is 6.54 Å². The standard InChI is InChI=1S/C10H13ClN4O2S/c1-2-3-14-4-5-15(10(17)9(14)16)6-7-8(11)18-13-12-7/h2-6H2,1H3. The van der Waals surface area contributed by atoms with Crippen LogP contribution in [0.1, 0.15) is 19.0 Å². The third-order valence-corrected chi connectivity index (χ3v) is 3.73. The number of hydrogen-bond acceptors (Lipinski definition) is 5. The van der Waals surface area contributed by atoms with Crippen LogP contribution in [0.3, 0.4) is 0 Å². The fourth-order valence-corrected chi connectivity index (χ4v) is 2.43. The van der Waals surface area contributed by atoms with Crippen LogP contribution >= 0.6 is 23.1 Å². The van der Waals surface area contributed by atoms with Gasteiger partial charge in [-0.25, -0.2) is 0 Å². The van der Waals surface area contributed by atoms with E-state index in [0.29, 0.717) is 29.7 Å². The largest absolute Gasteiger partial charge is 0.333 e. The first kappa shape index (κ1) is 13.2. The van der Waals surface area contributed by atoms with Crippen LogP contribution in [-0.4, -0.2) is 50.8 Å². The summed E-state index contributed by atoms with van der Waals surface area (Å²) in [6, 6.07) is 0. The second kappa shape index (κ2) is 5.62. The molecule has 18 heavy (non-hydrogen) atoms. The summed E-state index contributed by atoms with van der Waals surface area (Å²) in [4.78, 5) is 26.8. The van der Waals surface area contributed by atoms with E-state index < -0.39 is 11.8 Å². The molecule has 0 saturated carbocycles. The van der Waals surface area contributed by atoms with Gasteiger partial charge in [-0.15, -0.1) is 5.10 Å². The van der Waals surface area contributed by atoms with Crippen LogP contribution in [0.4, 0.5) is 0 Å². The first-order valence-electron chi connectivity index (χ1n) is 5.68.